The summed E-state index contributed by atoms with van der Waals surface area (Å²) in [5.41, 5.74) is 0. The summed E-state index contributed by atoms with van der Waals surface area (Å²) in [4.78, 5) is 42.0. The van der Waals surface area contributed by atoms with Crippen molar-refractivity contribution in [1.29, 1.82) is 0 Å². The summed E-state index contributed by atoms with van der Waals surface area (Å²) >= 11 is 0. The van der Waals surface area contributed by atoms with Gasteiger partial charge in [-0.1, -0.05) is 127 Å². The molecule has 0 aromatic rings. The van der Waals surface area contributed by atoms with Gasteiger partial charge in [0.15, 0.2) is 0 Å². The van der Waals surface area contributed by atoms with Crippen molar-refractivity contribution in [2.24, 2.45) is 0 Å². The molecule has 1 N–H and O–H groups in total. The number of carbonyl (C=O) groups excluding carboxylic acids is 3. The molecule has 0 radical (unpaired) electrons. The van der Waals surface area contributed by atoms with Crippen molar-refractivity contribution in [3.8, 4) is 0 Å². The Bertz CT molecular complexity index is 1150. The summed E-state index contributed by atoms with van der Waals surface area (Å²) in [6, 6.07) is 0. The van der Waals surface area contributed by atoms with Gasteiger partial charge in [0.2, 0.25) is 0 Å². The first-order valence-corrected chi connectivity index (χ1v) is 28.0. The van der Waals surface area contributed by atoms with Crippen LogP contribution in [0.4, 0.5) is 4.79 Å². The van der Waals surface area contributed by atoms with Gasteiger partial charge in [0.25, 0.3) is 0 Å². The van der Waals surface area contributed by atoms with Crippen molar-refractivity contribution >= 4 is 18.0 Å². The molecule has 0 aromatic heterocycles. The third kappa shape index (κ3) is 52.3. The first-order valence-electron chi connectivity index (χ1n) is 28.0. The Morgan fingerprint density at radius 2 is 0.851 bits per heavy atom. The smallest absolute Gasteiger partial charge is 0.407 e. The first kappa shape index (κ1) is 64.1. The van der Waals surface area contributed by atoms with Crippen molar-refractivity contribution in [2.75, 3.05) is 60.5 Å². The Hall–Kier alpha value is -2.91. The number of hydrogen-bond donors (Lipinski definition) is 1. The molecule has 0 bridgehead atoms. The second-order valence-electron chi connectivity index (χ2n) is 19.2. The largest absolute Gasteiger partial charge is 0.466 e. The van der Waals surface area contributed by atoms with Gasteiger partial charge in [-0.25, -0.2) is 4.79 Å². The summed E-state index contributed by atoms with van der Waals surface area (Å²) in [7, 11) is 6.36. The van der Waals surface area contributed by atoms with E-state index in [4.69, 9.17) is 14.2 Å². The molecule has 0 aliphatic carbocycles. The molecule has 390 valence electrons. The minimum Gasteiger partial charge on any atom is -0.466 e. The molecule has 9 nitrogen and oxygen atoms in total. The topological polar surface area (TPSA) is 97.4 Å². The van der Waals surface area contributed by atoms with Gasteiger partial charge in [0.1, 0.15) is 6.10 Å². The zero-order valence-corrected chi connectivity index (χ0v) is 44.5. The second kappa shape index (κ2) is 52.5. The number of ether oxygens (including phenoxy) is 3. The van der Waals surface area contributed by atoms with Crippen molar-refractivity contribution < 1.29 is 28.6 Å². The summed E-state index contributed by atoms with van der Waals surface area (Å²) in [6.45, 7) is 9.08. The van der Waals surface area contributed by atoms with E-state index in [1.54, 1.807) is 0 Å². The number of alkyl carbamates (subject to hydrolysis) is 1. The number of hydrogen-bond acceptors (Lipinski definition) is 8. The summed E-state index contributed by atoms with van der Waals surface area (Å²) in [5.74, 6) is -0.183. The Morgan fingerprint density at radius 1 is 0.448 bits per heavy atom. The maximum atomic E-state index is 12.8. The lowest BCUT2D eigenvalue weighted by Crippen LogP contribution is -2.32. The lowest BCUT2D eigenvalue weighted by Gasteiger charge is -2.19. The van der Waals surface area contributed by atoms with Gasteiger partial charge in [-0.15, -0.1) is 0 Å². The highest BCUT2D eigenvalue weighted by molar-refractivity contribution is 5.69. The molecule has 0 heterocycles. The number of nitrogens with one attached hydrogen (secondary N) is 1. The maximum absolute atomic E-state index is 12.8. The van der Waals surface area contributed by atoms with Gasteiger partial charge in [0, 0.05) is 19.4 Å². The zero-order chi connectivity index (χ0) is 48.9. The van der Waals surface area contributed by atoms with Crippen LogP contribution in [0.1, 0.15) is 239 Å². The van der Waals surface area contributed by atoms with Crippen LogP contribution in [0.25, 0.3) is 0 Å². The minimum absolute atomic E-state index is 0.0914. The Kier molecular flexibility index (Phi) is 50.2. The van der Waals surface area contributed by atoms with Gasteiger partial charge < -0.3 is 29.3 Å². The van der Waals surface area contributed by atoms with Crippen LogP contribution in [0.2, 0.25) is 0 Å². The van der Waals surface area contributed by atoms with E-state index in [0.29, 0.717) is 32.6 Å². The molecule has 0 unspecified atom stereocenters. The van der Waals surface area contributed by atoms with Crippen molar-refractivity contribution in [3.05, 3.63) is 48.6 Å². The van der Waals surface area contributed by atoms with Crippen molar-refractivity contribution in [2.45, 2.75) is 245 Å². The van der Waals surface area contributed by atoms with Crippen LogP contribution in [0, 0.1) is 0 Å². The normalized spacial score (nSPS) is 12.1. The van der Waals surface area contributed by atoms with Crippen LogP contribution in [-0.4, -0.2) is 94.5 Å². The maximum Gasteiger partial charge on any atom is 0.407 e. The van der Waals surface area contributed by atoms with Crippen LogP contribution in [0.3, 0.4) is 0 Å². The third-order valence-electron chi connectivity index (χ3n) is 12.2. The lowest BCUT2D eigenvalue weighted by atomic mass is 10.0. The van der Waals surface area contributed by atoms with Gasteiger partial charge in [-0.05, 0) is 188 Å². The average Bonchev–Trinajstić information content (AvgIpc) is 3.31. The Balaban J connectivity index is 4.30. The van der Waals surface area contributed by atoms with E-state index in [2.05, 4.69) is 98.7 Å². The summed E-state index contributed by atoms with van der Waals surface area (Å²) < 4.78 is 17.0. The molecule has 0 spiro atoms. The van der Waals surface area contributed by atoms with E-state index < -0.39 is 0 Å². The second-order valence-corrected chi connectivity index (χ2v) is 19.2. The first-order chi connectivity index (χ1) is 32.8. The highest BCUT2D eigenvalue weighted by atomic mass is 16.6. The molecular weight excluding hydrogens is 835 g/mol. The van der Waals surface area contributed by atoms with Crippen LogP contribution < -0.4 is 5.32 Å². The molecule has 9 heteroatoms. The van der Waals surface area contributed by atoms with Gasteiger partial charge in [0.05, 0.1) is 13.2 Å². The number of esters is 2. The lowest BCUT2D eigenvalue weighted by molar-refractivity contribution is -0.144. The molecule has 0 aromatic carbocycles. The van der Waals surface area contributed by atoms with Gasteiger partial charge in [-0.3, -0.25) is 9.59 Å². The SMILES string of the molecule is CCCCC/C=C\C/C=C\CCCCCCCC(=O)OCCCCCC(CCCCCOC(=O)CCCCCCC/C=C\C/C=C\CCCCC)OC(=O)NCCCN(C)CCCCN(C)C. The van der Waals surface area contributed by atoms with Crippen molar-refractivity contribution in [3.63, 3.8) is 0 Å². The van der Waals surface area contributed by atoms with E-state index >= 15 is 0 Å². The molecule has 0 fully saturated rings. The fourth-order valence-electron chi connectivity index (χ4n) is 7.90. The van der Waals surface area contributed by atoms with E-state index in [9.17, 15) is 14.4 Å². The average molecular weight is 943 g/mol. The number of nitrogens with zero attached hydrogens (tertiary/aromatic N) is 2. The minimum atomic E-state index is -0.344. The predicted molar refractivity (Wildman–Crippen MR) is 286 cm³/mol. The molecular formula is C58H107N3O6. The number of rotatable bonds is 50. The van der Waals surface area contributed by atoms with Gasteiger partial charge in [-0.2, -0.15) is 0 Å². The number of carbonyl (C=O) groups is 3. The molecule has 67 heavy (non-hydrogen) atoms. The molecule has 0 saturated heterocycles. The molecule has 0 saturated carbocycles. The van der Waals surface area contributed by atoms with Gasteiger partial charge >= 0.3 is 18.0 Å². The molecule has 0 atom stereocenters. The molecule has 0 rings (SSSR count). The van der Waals surface area contributed by atoms with Crippen LogP contribution in [0.5, 0.6) is 0 Å². The Labute approximate surface area is 414 Å². The van der Waals surface area contributed by atoms with Crippen molar-refractivity contribution in [1.82, 2.24) is 15.1 Å². The highest BCUT2D eigenvalue weighted by Gasteiger charge is 2.15. The molecule has 0 aliphatic heterocycles. The monoisotopic (exact) mass is 942 g/mol. The van der Waals surface area contributed by atoms with E-state index in [1.807, 2.05) is 0 Å². The highest BCUT2D eigenvalue weighted by Crippen LogP contribution is 2.16. The summed E-state index contributed by atoms with van der Waals surface area (Å²) in [6.07, 6.45) is 54.6. The Morgan fingerprint density at radius 3 is 1.31 bits per heavy atom. The van der Waals surface area contributed by atoms with E-state index in [0.717, 1.165) is 129 Å². The third-order valence-corrected chi connectivity index (χ3v) is 12.2. The number of amides is 1. The van der Waals surface area contributed by atoms with E-state index in [-0.39, 0.29) is 24.1 Å². The van der Waals surface area contributed by atoms with Crippen LogP contribution in [-0.2, 0) is 23.8 Å². The quantitative estimate of drug-likeness (QED) is 0.0279. The zero-order valence-electron chi connectivity index (χ0n) is 44.5. The van der Waals surface area contributed by atoms with Crippen LogP contribution in [0.15, 0.2) is 48.6 Å². The predicted octanol–water partition coefficient (Wildman–Crippen LogP) is 15.6. The number of unbranched alkanes of at least 4 members (excludes halogenated alkanes) is 21. The van der Waals surface area contributed by atoms with Crippen LogP contribution >= 0.6 is 0 Å². The molecule has 1 amide bonds. The molecule has 0 aliphatic rings. The van der Waals surface area contributed by atoms with E-state index in [1.165, 1.54) is 103 Å². The standard InChI is InChI=1S/C58H107N3O6/c1-6-8-10-12-14-16-18-20-22-24-26-28-30-32-38-47-56(62)65-53-42-34-36-45-55(67-58(64)59-49-44-52-61(5)51-41-40-50-60(3)4)46-37-35-43-54-66-57(63)48-39-33-31-29-27-25-23-21-19-17-15-13-11-9-7-2/h14-17,20-23,55H,6-13,18-19,24-54H2,1-5H3,(H,59,64)/b16-14-,17-15-,22-20-,23-21-. The fourth-order valence-corrected chi connectivity index (χ4v) is 7.90. The number of allylic oxidation sites excluding steroid dienone is 8. The fraction of sp³-hybridized carbons (Fsp3) is 0.810. The summed E-state index contributed by atoms with van der Waals surface area (Å²) in [5, 5.41) is 2.97.